The molecule has 0 radical (unpaired) electrons. The van der Waals surface area contributed by atoms with Gasteiger partial charge in [0.2, 0.25) is 10.0 Å². The van der Waals surface area contributed by atoms with Gasteiger partial charge in [-0.15, -0.1) is 11.3 Å². The molecule has 31 heavy (non-hydrogen) atoms. The Morgan fingerprint density at radius 3 is 2.65 bits per heavy atom. The molecule has 1 amide bonds. The van der Waals surface area contributed by atoms with Crippen molar-refractivity contribution in [2.24, 2.45) is 0 Å². The Balaban J connectivity index is 1.58. The van der Waals surface area contributed by atoms with Crippen LogP contribution in [0.2, 0.25) is 0 Å². The Hall–Kier alpha value is -2.62. The summed E-state index contributed by atoms with van der Waals surface area (Å²) in [5, 5.41) is 4.84. The molecule has 9 heteroatoms. The predicted molar refractivity (Wildman–Crippen MR) is 121 cm³/mol. The minimum absolute atomic E-state index is 0.0728. The molecule has 0 bridgehead atoms. The second-order valence-corrected chi connectivity index (χ2v) is 10.3. The fourth-order valence-corrected chi connectivity index (χ4v) is 6.13. The third-order valence-corrected chi connectivity index (χ3v) is 8.10. The summed E-state index contributed by atoms with van der Waals surface area (Å²) in [7, 11) is -2.26. The minimum Gasteiger partial charge on any atom is -0.495 e. The molecular formula is C22H25N3O4S2. The number of thiophene rings is 1. The molecule has 0 atom stereocenters. The lowest BCUT2D eigenvalue weighted by atomic mass is 10.2. The Kier molecular flexibility index (Phi) is 6.45. The summed E-state index contributed by atoms with van der Waals surface area (Å²) in [6, 6.07) is 12.3. The number of amides is 1. The maximum absolute atomic E-state index is 13.2. The van der Waals surface area contributed by atoms with Crippen LogP contribution in [-0.4, -0.2) is 43.4 Å². The van der Waals surface area contributed by atoms with Crippen LogP contribution in [0.1, 0.15) is 34.6 Å². The van der Waals surface area contributed by atoms with Crippen LogP contribution < -0.4 is 10.1 Å². The first-order valence-corrected chi connectivity index (χ1v) is 12.5. The predicted octanol–water partition coefficient (Wildman–Crippen LogP) is 4.03. The van der Waals surface area contributed by atoms with E-state index in [1.807, 2.05) is 34.3 Å². The Morgan fingerprint density at radius 2 is 1.94 bits per heavy atom. The van der Waals surface area contributed by atoms with Crippen molar-refractivity contribution < 1.29 is 17.9 Å². The lowest BCUT2D eigenvalue weighted by molar-refractivity contribution is 0.101. The number of hydrogen-bond acceptors (Lipinski definition) is 5. The molecule has 1 saturated heterocycles. The number of carbonyl (C=O) groups is 1. The molecule has 7 nitrogen and oxygen atoms in total. The first kappa shape index (κ1) is 21.6. The van der Waals surface area contributed by atoms with Crippen molar-refractivity contribution >= 4 is 33.0 Å². The molecule has 0 spiro atoms. The zero-order chi connectivity index (χ0) is 21.8. The molecular weight excluding hydrogens is 434 g/mol. The molecule has 0 unspecified atom stereocenters. The summed E-state index contributed by atoms with van der Waals surface area (Å²) >= 11 is 1.63. The maximum Gasteiger partial charge on any atom is 0.272 e. The SMILES string of the molecule is COc1ccc(NC(=O)c2cccn2Cc2cccs2)cc1S(=O)(=O)N1CCCCC1. The van der Waals surface area contributed by atoms with Gasteiger partial charge in [-0.2, -0.15) is 4.31 Å². The first-order chi connectivity index (χ1) is 15.0. The molecule has 164 valence electrons. The van der Waals surface area contributed by atoms with Crippen molar-refractivity contribution in [3.63, 3.8) is 0 Å². The van der Waals surface area contributed by atoms with Gasteiger partial charge in [-0.3, -0.25) is 4.79 Å². The number of nitrogens with zero attached hydrogens (tertiary/aromatic N) is 2. The Morgan fingerprint density at radius 1 is 1.13 bits per heavy atom. The number of ether oxygens (including phenoxy) is 1. The van der Waals surface area contributed by atoms with E-state index >= 15 is 0 Å². The Labute approximate surface area is 186 Å². The van der Waals surface area contributed by atoms with Gasteiger partial charge in [-0.1, -0.05) is 12.5 Å². The Bertz CT molecular complexity index is 1150. The van der Waals surface area contributed by atoms with Crippen LogP contribution >= 0.6 is 11.3 Å². The van der Waals surface area contributed by atoms with Gasteiger partial charge in [-0.25, -0.2) is 8.42 Å². The van der Waals surface area contributed by atoms with Gasteiger partial charge < -0.3 is 14.6 Å². The van der Waals surface area contributed by atoms with E-state index < -0.39 is 10.0 Å². The van der Waals surface area contributed by atoms with E-state index in [9.17, 15) is 13.2 Å². The van der Waals surface area contributed by atoms with Crippen molar-refractivity contribution in [1.82, 2.24) is 8.87 Å². The number of hydrogen-bond donors (Lipinski definition) is 1. The second kappa shape index (κ2) is 9.25. The van der Waals surface area contributed by atoms with Crippen LogP contribution in [0.15, 0.2) is 58.9 Å². The van der Waals surface area contributed by atoms with Crippen molar-refractivity contribution in [2.45, 2.75) is 30.7 Å². The number of piperidine rings is 1. The standard InChI is InChI=1S/C22H25N3O4S2/c1-29-20-10-9-17(15-21(20)31(27,28)25-12-3-2-4-13-25)23-22(26)19-8-5-11-24(19)16-18-7-6-14-30-18/h5-11,14-15H,2-4,12-13,16H2,1H3,(H,23,26). The zero-order valence-electron chi connectivity index (χ0n) is 17.3. The lowest BCUT2D eigenvalue weighted by Crippen LogP contribution is -2.35. The topological polar surface area (TPSA) is 80.6 Å². The van der Waals surface area contributed by atoms with Crippen molar-refractivity contribution in [3.8, 4) is 5.75 Å². The third-order valence-electron chi connectivity index (χ3n) is 5.32. The van der Waals surface area contributed by atoms with E-state index in [4.69, 9.17) is 4.74 Å². The summed E-state index contributed by atoms with van der Waals surface area (Å²) in [5.41, 5.74) is 0.912. The van der Waals surface area contributed by atoms with Gasteiger partial charge in [-0.05, 0) is 54.6 Å². The van der Waals surface area contributed by atoms with E-state index in [1.54, 1.807) is 29.5 Å². The van der Waals surface area contributed by atoms with Crippen LogP contribution in [0.5, 0.6) is 5.75 Å². The molecule has 4 rings (SSSR count). The van der Waals surface area contributed by atoms with Crippen molar-refractivity contribution in [3.05, 3.63) is 64.6 Å². The second-order valence-electron chi connectivity index (χ2n) is 7.39. The summed E-state index contributed by atoms with van der Waals surface area (Å²) in [4.78, 5) is 14.1. The average Bonchev–Trinajstić information content (AvgIpc) is 3.47. The highest BCUT2D eigenvalue weighted by Crippen LogP contribution is 2.31. The van der Waals surface area contributed by atoms with Crippen LogP contribution in [-0.2, 0) is 16.6 Å². The zero-order valence-corrected chi connectivity index (χ0v) is 18.9. The van der Waals surface area contributed by atoms with Crippen molar-refractivity contribution in [1.29, 1.82) is 0 Å². The number of methoxy groups -OCH3 is 1. The molecule has 1 aromatic carbocycles. The van der Waals surface area contributed by atoms with Gasteiger partial charge in [0.1, 0.15) is 16.3 Å². The van der Waals surface area contributed by atoms with Crippen LogP contribution in [0, 0.1) is 0 Å². The largest absolute Gasteiger partial charge is 0.495 e. The molecule has 2 aromatic heterocycles. The number of aromatic nitrogens is 1. The van der Waals surface area contributed by atoms with Gasteiger partial charge >= 0.3 is 0 Å². The first-order valence-electron chi connectivity index (χ1n) is 10.2. The molecule has 0 saturated carbocycles. The quantitative estimate of drug-likeness (QED) is 0.578. The number of carbonyl (C=O) groups excluding carboxylic acids is 1. The summed E-state index contributed by atoms with van der Waals surface area (Å²) in [6.07, 6.45) is 4.58. The summed E-state index contributed by atoms with van der Waals surface area (Å²) in [6.45, 7) is 1.60. The number of rotatable bonds is 7. The lowest BCUT2D eigenvalue weighted by Gasteiger charge is -2.26. The molecule has 3 aromatic rings. The smallest absolute Gasteiger partial charge is 0.272 e. The molecule has 1 aliphatic heterocycles. The normalized spacial score (nSPS) is 15.0. The van der Waals surface area contributed by atoms with E-state index in [-0.39, 0.29) is 16.6 Å². The van der Waals surface area contributed by atoms with Gasteiger partial charge in [0.15, 0.2) is 0 Å². The van der Waals surface area contributed by atoms with E-state index in [0.29, 0.717) is 31.0 Å². The number of benzene rings is 1. The van der Waals surface area contributed by atoms with Crippen LogP contribution in [0.4, 0.5) is 5.69 Å². The van der Waals surface area contributed by atoms with Gasteiger partial charge in [0.05, 0.1) is 13.7 Å². The highest BCUT2D eigenvalue weighted by molar-refractivity contribution is 7.89. The monoisotopic (exact) mass is 459 g/mol. The van der Waals surface area contributed by atoms with Gasteiger partial charge in [0.25, 0.3) is 5.91 Å². The minimum atomic E-state index is -3.71. The molecule has 1 aliphatic rings. The molecule has 1 fully saturated rings. The molecule has 3 heterocycles. The maximum atomic E-state index is 13.2. The highest BCUT2D eigenvalue weighted by atomic mass is 32.2. The third kappa shape index (κ3) is 4.68. The highest BCUT2D eigenvalue weighted by Gasteiger charge is 2.29. The summed E-state index contributed by atoms with van der Waals surface area (Å²) in [5.74, 6) is -0.0299. The number of nitrogens with one attached hydrogen (secondary N) is 1. The number of sulfonamides is 1. The fraction of sp³-hybridized carbons (Fsp3) is 0.318. The average molecular weight is 460 g/mol. The van der Waals surface area contributed by atoms with Crippen molar-refractivity contribution in [2.75, 3.05) is 25.5 Å². The number of anilines is 1. The van der Waals surface area contributed by atoms with E-state index in [0.717, 1.165) is 24.1 Å². The summed E-state index contributed by atoms with van der Waals surface area (Å²) < 4.78 is 35.1. The van der Waals surface area contributed by atoms with Gasteiger partial charge in [0, 0.05) is 29.9 Å². The van der Waals surface area contributed by atoms with Crippen LogP contribution in [0.25, 0.3) is 0 Å². The molecule has 1 N–H and O–H groups in total. The van der Waals surface area contributed by atoms with E-state index in [1.165, 1.54) is 17.5 Å². The molecule has 0 aliphatic carbocycles. The van der Waals surface area contributed by atoms with Crippen LogP contribution in [0.3, 0.4) is 0 Å². The van der Waals surface area contributed by atoms with E-state index in [2.05, 4.69) is 5.32 Å². The fourth-order valence-electron chi connectivity index (χ4n) is 3.72.